The minimum atomic E-state index is -0.0570. The van der Waals surface area contributed by atoms with Gasteiger partial charge in [0.15, 0.2) is 11.0 Å². The van der Waals surface area contributed by atoms with Crippen LogP contribution in [-0.4, -0.2) is 26.4 Å². The third-order valence-corrected chi connectivity index (χ3v) is 6.59. The molecule has 0 aliphatic rings. The highest BCUT2D eigenvalue weighted by Crippen LogP contribution is 2.27. The van der Waals surface area contributed by atoms with Gasteiger partial charge in [-0.15, -0.1) is 21.5 Å². The fraction of sp³-hybridized carbons (Fsp3) is 0.227. The molecule has 1 atom stereocenters. The largest absolute Gasteiger partial charge is 0.349 e. The van der Waals surface area contributed by atoms with Crippen LogP contribution in [0.3, 0.4) is 0 Å². The molecule has 0 fully saturated rings. The standard InChI is InChI=1S/C22H22N4OS2/c1-3-26-21(19-9-6-12-28-19)24-25-22(26)29-14-20(27)23-15(2)17-11-10-16-7-4-5-8-18(16)13-17/h4-13,15H,3,14H2,1-2H3,(H,23,27). The number of nitrogens with zero attached hydrogens (tertiary/aromatic N) is 3. The van der Waals surface area contributed by atoms with Gasteiger partial charge in [-0.05, 0) is 47.7 Å². The van der Waals surface area contributed by atoms with E-state index in [1.54, 1.807) is 11.3 Å². The van der Waals surface area contributed by atoms with Gasteiger partial charge in [0.25, 0.3) is 0 Å². The van der Waals surface area contributed by atoms with Crippen LogP contribution in [0.5, 0.6) is 0 Å². The Morgan fingerprint density at radius 3 is 2.72 bits per heavy atom. The number of amides is 1. The number of aromatic nitrogens is 3. The number of nitrogens with one attached hydrogen (secondary N) is 1. The van der Waals surface area contributed by atoms with E-state index in [4.69, 9.17) is 0 Å². The van der Waals surface area contributed by atoms with Crippen LogP contribution in [-0.2, 0) is 11.3 Å². The van der Waals surface area contributed by atoms with Crippen LogP contribution in [0.2, 0.25) is 0 Å². The smallest absolute Gasteiger partial charge is 0.230 e. The van der Waals surface area contributed by atoms with E-state index in [-0.39, 0.29) is 11.9 Å². The fourth-order valence-corrected chi connectivity index (χ4v) is 4.77. The van der Waals surface area contributed by atoms with Gasteiger partial charge < -0.3 is 9.88 Å². The molecule has 0 saturated carbocycles. The van der Waals surface area contributed by atoms with Crippen LogP contribution in [0.25, 0.3) is 21.5 Å². The maximum Gasteiger partial charge on any atom is 0.230 e. The first-order chi connectivity index (χ1) is 14.2. The molecule has 0 saturated heterocycles. The molecule has 29 heavy (non-hydrogen) atoms. The van der Waals surface area contributed by atoms with E-state index in [0.717, 1.165) is 28.0 Å². The first kappa shape index (κ1) is 19.7. The molecule has 2 aromatic carbocycles. The molecule has 1 amide bonds. The van der Waals surface area contributed by atoms with Crippen LogP contribution in [0.4, 0.5) is 0 Å². The maximum atomic E-state index is 12.5. The molecule has 5 nitrogen and oxygen atoms in total. The summed E-state index contributed by atoms with van der Waals surface area (Å²) in [5, 5.41) is 16.9. The van der Waals surface area contributed by atoms with Gasteiger partial charge >= 0.3 is 0 Å². The van der Waals surface area contributed by atoms with Gasteiger partial charge in [0.2, 0.25) is 5.91 Å². The van der Waals surface area contributed by atoms with Crippen LogP contribution in [0.15, 0.2) is 65.1 Å². The Kier molecular flexibility index (Phi) is 5.97. The van der Waals surface area contributed by atoms with Gasteiger partial charge in [0, 0.05) is 6.54 Å². The Labute approximate surface area is 178 Å². The third kappa shape index (κ3) is 4.36. The Morgan fingerprint density at radius 1 is 1.14 bits per heavy atom. The highest BCUT2D eigenvalue weighted by molar-refractivity contribution is 7.99. The SMILES string of the molecule is CCn1c(SCC(=O)NC(C)c2ccc3ccccc3c2)nnc1-c1cccs1. The minimum Gasteiger partial charge on any atom is -0.349 e. The topological polar surface area (TPSA) is 59.8 Å². The summed E-state index contributed by atoms with van der Waals surface area (Å²) >= 11 is 3.06. The number of thioether (sulfide) groups is 1. The number of thiophene rings is 1. The monoisotopic (exact) mass is 422 g/mol. The van der Waals surface area contributed by atoms with Crippen molar-refractivity contribution in [3.05, 3.63) is 65.5 Å². The number of hydrogen-bond acceptors (Lipinski definition) is 5. The zero-order valence-electron chi connectivity index (χ0n) is 16.3. The van der Waals surface area contributed by atoms with Gasteiger partial charge in [-0.25, -0.2) is 0 Å². The van der Waals surface area contributed by atoms with Crippen molar-refractivity contribution in [2.24, 2.45) is 0 Å². The van der Waals surface area contributed by atoms with Crippen molar-refractivity contribution in [2.45, 2.75) is 31.6 Å². The Hall–Kier alpha value is -2.64. The Bertz CT molecular complexity index is 1120. The highest BCUT2D eigenvalue weighted by Gasteiger charge is 2.16. The molecule has 4 aromatic rings. The van der Waals surface area contributed by atoms with Crippen molar-refractivity contribution in [2.75, 3.05) is 5.75 Å². The maximum absolute atomic E-state index is 12.5. The van der Waals surface area contributed by atoms with Crippen molar-refractivity contribution in [1.29, 1.82) is 0 Å². The van der Waals surface area contributed by atoms with E-state index in [9.17, 15) is 4.79 Å². The van der Waals surface area contributed by atoms with Crippen LogP contribution < -0.4 is 5.32 Å². The summed E-state index contributed by atoms with van der Waals surface area (Å²) in [5.41, 5.74) is 1.10. The van der Waals surface area contributed by atoms with Crippen molar-refractivity contribution >= 4 is 39.8 Å². The second-order valence-corrected chi connectivity index (χ2v) is 8.60. The molecule has 2 heterocycles. The van der Waals surface area contributed by atoms with E-state index in [1.807, 2.05) is 36.6 Å². The van der Waals surface area contributed by atoms with E-state index in [2.05, 4.69) is 57.3 Å². The molecule has 2 aromatic heterocycles. The predicted octanol–water partition coefficient (Wildman–Crippen LogP) is 5.15. The average molecular weight is 423 g/mol. The van der Waals surface area contributed by atoms with Crippen LogP contribution in [0, 0.1) is 0 Å². The average Bonchev–Trinajstić information content (AvgIpc) is 3.41. The van der Waals surface area contributed by atoms with Crippen LogP contribution >= 0.6 is 23.1 Å². The fourth-order valence-electron chi connectivity index (χ4n) is 3.24. The molecule has 148 valence electrons. The molecule has 1 N–H and O–H groups in total. The van der Waals surface area contributed by atoms with Gasteiger partial charge in [0.05, 0.1) is 16.7 Å². The van der Waals surface area contributed by atoms with Crippen molar-refractivity contribution in [3.63, 3.8) is 0 Å². The molecule has 0 bridgehead atoms. The van der Waals surface area contributed by atoms with Gasteiger partial charge in [-0.1, -0.05) is 54.2 Å². The Balaban J connectivity index is 1.39. The molecule has 0 radical (unpaired) electrons. The van der Waals surface area contributed by atoms with Crippen LogP contribution in [0.1, 0.15) is 25.5 Å². The van der Waals surface area contributed by atoms with E-state index in [1.165, 1.54) is 22.5 Å². The predicted molar refractivity (Wildman–Crippen MR) is 120 cm³/mol. The summed E-state index contributed by atoms with van der Waals surface area (Å²) in [6, 6.07) is 18.5. The second-order valence-electron chi connectivity index (χ2n) is 6.71. The van der Waals surface area contributed by atoms with Gasteiger partial charge in [0.1, 0.15) is 0 Å². The molecule has 0 spiro atoms. The lowest BCUT2D eigenvalue weighted by molar-refractivity contribution is -0.119. The van der Waals surface area contributed by atoms with E-state index in [0.29, 0.717) is 5.75 Å². The first-order valence-corrected chi connectivity index (χ1v) is 11.4. The van der Waals surface area contributed by atoms with Crippen molar-refractivity contribution in [3.8, 4) is 10.7 Å². The zero-order chi connectivity index (χ0) is 20.2. The van der Waals surface area contributed by atoms with Gasteiger partial charge in [-0.3, -0.25) is 4.79 Å². The number of carbonyl (C=O) groups excluding carboxylic acids is 1. The summed E-state index contributed by atoms with van der Waals surface area (Å²) in [4.78, 5) is 13.6. The molecular formula is C22H22N4OS2. The number of hydrogen-bond donors (Lipinski definition) is 1. The molecule has 4 rings (SSSR count). The zero-order valence-corrected chi connectivity index (χ0v) is 18.0. The lowest BCUT2D eigenvalue weighted by Crippen LogP contribution is -2.28. The lowest BCUT2D eigenvalue weighted by Gasteiger charge is -2.15. The third-order valence-electron chi connectivity index (χ3n) is 4.76. The summed E-state index contributed by atoms with van der Waals surface area (Å²) in [6.07, 6.45) is 0. The Morgan fingerprint density at radius 2 is 1.97 bits per heavy atom. The summed E-state index contributed by atoms with van der Waals surface area (Å²) in [7, 11) is 0. The normalized spacial score (nSPS) is 12.2. The number of rotatable bonds is 7. The number of benzene rings is 2. The molecule has 7 heteroatoms. The van der Waals surface area contributed by atoms with Crippen molar-refractivity contribution < 1.29 is 4.79 Å². The van der Waals surface area contributed by atoms with E-state index >= 15 is 0 Å². The molecular weight excluding hydrogens is 400 g/mol. The molecule has 0 aliphatic heterocycles. The number of carbonyl (C=O) groups is 1. The van der Waals surface area contributed by atoms with Gasteiger partial charge in [-0.2, -0.15) is 0 Å². The summed E-state index contributed by atoms with van der Waals surface area (Å²) < 4.78 is 2.05. The number of fused-ring (bicyclic) bond motifs is 1. The summed E-state index contributed by atoms with van der Waals surface area (Å²) in [5.74, 6) is 1.15. The summed E-state index contributed by atoms with van der Waals surface area (Å²) in [6.45, 7) is 4.83. The lowest BCUT2D eigenvalue weighted by atomic mass is 10.0. The molecule has 1 unspecified atom stereocenters. The highest BCUT2D eigenvalue weighted by atomic mass is 32.2. The van der Waals surface area contributed by atoms with Crippen molar-refractivity contribution in [1.82, 2.24) is 20.1 Å². The minimum absolute atomic E-state index is 0.0148. The molecule has 0 aliphatic carbocycles. The quantitative estimate of drug-likeness (QED) is 0.419. The second kappa shape index (κ2) is 8.80. The first-order valence-electron chi connectivity index (χ1n) is 9.53. The van der Waals surface area contributed by atoms with E-state index < -0.39 is 0 Å².